The molecule has 0 amide bonds. The molecular weight excluding hydrogens is 512 g/mol. The molecule has 2 rings (SSSR count). The lowest BCUT2D eigenvalue weighted by Crippen LogP contribution is -2.30. The number of hydrogen-bond acceptors (Lipinski definition) is 4. The second kappa shape index (κ2) is 7.97. The molecule has 22 heavy (non-hydrogen) atoms. The van der Waals surface area contributed by atoms with Gasteiger partial charge in [0.1, 0.15) is 23.3 Å². The Balaban J connectivity index is 2.03. The largest absolute Gasteiger partial charge is 0.508 e. The zero-order chi connectivity index (χ0) is 16.1. The van der Waals surface area contributed by atoms with E-state index in [2.05, 4.69) is 0 Å². The summed E-state index contributed by atoms with van der Waals surface area (Å²) in [6.45, 7) is 0. The summed E-state index contributed by atoms with van der Waals surface area (Å²) in [4.78, 5) is 11.2. The second-order valence-corrected chi connectivity index (χ2v) is 8.48. The molecule has 0 saturated carbocycles. The van der Waals surface area contributed by atoms with E-state index in [-0.39, 0.29) is 5.75 Å². The Morgan fingerprint density at radius 1 is 1.05 bits per heavy atom. The van der Waals surface area contributed by atoms with Crippen molar-refractivity contribution in [3.8, 4) is 17.2 Å². The molecule has 0 spiro atoms. The van der Waals surface area contributed by atoms with Gasteiger partial charge in [-0.1, -0.05) is 12.1 Å². The molecule has 2 aromatic rings. The smallest absolute Gasteiger partial charge is 0.322 e. The number of halogens is 2. The standard InChI is InChI=1S/C15H13I2NO4/c16-18(17)14(15(20)21)9-10-1-5-12(6-2-10)22-13-7-3-11(19)4-8-13/h1-8,14,19H,9H2,(H,20,21). The molecule has 116 valence electrons. The van der Waals surface area contributed by atoms with Gasteiger partial charge in [-0.3, -0.25) is 4.79 Å². The molecule has 0 aliphatic carbocycles. The fourth-order valence-electron chi connectivity index (χ4n) is 1.81. The van der Waals surface area contributed by atoms with Crippen molar-refractivity contribution in [1.29, 1.82) is 0 Å². The van der Waals surface area contributed by atoms with Crippen LogP contribution in [-0.4, -0.2) is 23.6 Å². The summed E-state index contributed by atoms with van der Waals surface area (Å²) in [6, 6.07) is 13.2. The van der Waals surface area contributed by atoms with Crippen LogP contribution in [0.1, 0.15) is 5.56 Å². The fraction of sp³-hybridized carbons (Fsp3) is 0.133. The number of carboxylic acids is 1. The van der Waals surface area contributed by atoms with Crippen LogP contribution in [0, 0.1) is 0 Å². The van der Waals surface area contributed by atoms with Crippen molar-refractivity contribution < 1.29 is 19.7 Å². The zero-order valence-corrected chi connectivity index (χ0v) is 15.6. The van der Waals surface area contributed by atoms with Gasteiger partial charge < -0.3 is 14.9 Å². The molecule has 2 N–H and O–H groups in total. The minimum Gasteiger partial charge on any atom is -0.508 e. The van der Waals surface area contributed by atoms with Crippen LogP contribution in [0.4, 0.5) is 0 Å². The van der Waals surface area contributed by atoms with E-state index in [1.54, 1.807) is 37.7 Å². The van der Waals surface area contributed by atoms with Crippen LogP contribution >= 0.6 is 45.7 Å². The van der Waals surface area contributed by atoms with Crippen molar-refractivity contribution in [2.75, 3.05) is 0 Å². The van der Waals surface area contributed by atoms with Crippen molar-refractivity contribution in [2.45, 2.75) is 12.5 Å². The van der Waals surface area contributed by atoms with Crippen LogP contribution in [0.25, 0.3) is 0 Å². The van der Waals surface area contributed by atoms with Gasteiger partial charge in [0.2, 0.25) is 0 Å². The maximum Gasteiger partial charge on any atom is 0.322 e. The minimum absolute atomic E-state index is 0.185. The van der Waals surface area contributed by atoms with Gasteiger partial charge in [-0.2, -0.15) is 1.33 Å². The maximum absolute atomic E-state index is 11.2. The summed E-state index contributed by atoms with van der Waals surface area (Å²) < 4.78 is 7.27. The normalized spacial score (nSPS) is 12.1. The molecule has 1 unspecified atom stereocenters. The number of carboxylic acid groups (broad SMARTS) is 1. The number of rotatable bonds is 6. The third kappa shape index (κ3) is 4.99. The van der Waals surface area contributed by atoms with E-state index >= 15 is 0 Å². The lowest BCUT2D eigenvalue weighted by atomic mass is 10.1. The topological polar surface area (TPSA) is 70.0 Å². The van der Waals surface area contributed by atoms with E-state index in [9.17, 15) is 15.0 Å². The quantitative estimate of drug-likeness (QED) is 0.438. The van der Waals surface area contributed by atoms with Crippen molar-refractivity contribution >= 4 is 51.7 Å². The number of benzene rings is 2. The number of aromatic hydroxyl groups is 1. The van der Waals surface area contributed by atoms with Gasteiger partial charge in [0.05, 0.1) is 0 Å². The van der Waals surface area contributed by atoms with Gasteiger partial charge >= 0.3 is 5.97 Å². The molecule has 5 nitrogen and oxygen atoms in total. The first kappa shape index (κ1) is 17.3. The molecule has 2 aromatic carbocycles. The molecule has 0 radical (unpaired) electrons. The van der Waals surface area contributed by atoms with Gasteiger partial charge in [-0.15, -0.1) is 0 Å². The molecule has 0 saturated heterocycles. The SMILES string of the molecule is O=C(O)C(Cc1ccc(Oc2ccc(O)cc2)cc1)N(I)I. The van der Waals surface area contributed by atoms with Gasteiger partial charge in [0.25, 0.3) is 0 Å². The molecule has 0 aliphatic heterocycles. The number of phenolic OH excluding ortho intramolecular Hbond substituents is 1. The molecule has 1 atom stereocenters. The number of nitrogens with zero attached hydrogens (tertiary/aromatic N) is 1. The molecular formula is C15H13I2NO4. The molecule has 0 aromatic heterocycles. The van der Waals surface area contributed by atoms with E-state index in [0.717, 1.165) is 5.56 Å². The Bertz CT molecular complexity index is 629. The first-order chi connectivity index (χ1) is 10.5. The average Bonchev–Trinajstić information content (AvgIpc) is 2.48. The lowest BCUT2D eigenvalue weighted by molar-refractivity contribution is -0.139. The third-order valence-corrected chi connectivity index (χ3v) is 4.29. The Morgan fingerprint density at radius 2 is 1.55 bits per heavy atom. The van der Waals surface area contributed by atoms with E-state index in [4.69, 9.17) is 4.74 Å². The third-order valence-electron chi connectivity index (χ3n) is 2.95. The Labute approximate surface area is 155 Å². The summed E-state index contributed by atoms with van der Waals surface area (Å²) >= 11 is 3.93. The molecule has 0 heterocycles. The minimum atomic E-state index is -0.854. The van der Waals surface area contributed by atoms with Crippen LogP contribution in [0.15, 0.2) is 48.5 Å². The molecule has 0 aliphatic rings. The predicted octanol–water partition coefficient (Wildman–Crippen LogP) is 4.18. The van der Waals surface area contributed by atoms with E-state index in [0.29, 0.717) is 17.9 Å². The van der Waals surface area contributed by atoms with E-state index < -0.39 is 12.0 Å². The number of carbonyl (C=O) groups is 1. The monoisotopic (exact) mass is 525 g/mol. The van der Waals surface area contributed by atoms with E-state index in [1.807, 2.05) is 57.9 Å². The predicted molar refractivity (Wildman–Crippen MR) is 99.6 cm³/mol. The number of ether oxygens (including phenoxy) is 1. The number of phenols is 1. The average molecular weight is 525 g/mol. The summed E-state index contributed by atoms with van der Waals surface area (Å²) in [6.07, 6.45) is 0.417. The van der Waals surface area contributed by atoms with Crippen molar-refractivity contribution in [3.05, 3.63) is 54.1 Å². The van der Waals surface area contributed by atoms with E-state index in [1.165, 1.54) is 0 Å². The fourth-order valence-corrected chi connectivity index (χ4v) is 2.68. The lowest BCUT2D eigenvalue weighted by Gasteiger charge is -2.16. The highest BCUT2D eigenvalue weighted by Crippen LogP contribution is 2.25. The van der Waals surface area contributed by atoms with Crippen molar-refractivity contribution in [3.63, 3.8) is 0 Å². The maximum atomic E-state index is 11.2. The number of hydrogen-bond donors (Lipinski definition) is 2. The molecule has 0 bridgehead atoms. The first-order valence-electron chi connectivity index (χ1n) is 6.35. The summed E-state index contributed by atoms with van der Waals surface area (Å²) in [5.74, 6) is 0.611. The van der Waals surface area contributed by atoms with Crippen molar-refractivity contribution in [1.82, 2.24) is 1.33 Å². The van der Waals surface area contributed by atoms with Crippen LogP contribution in [0.3, 0.4) is 0 Å². The van der Waals surface area contributed by atoms with Crippen LogP contribution in [0.5, 0.6) is 17.2 Å². The molecule has 0 fully saturated rings. The van der Waals surface area contributed by atoms with Crippen LogP contribution in [0.2, 0.25) is 0 Å². The van der Waals surface area contributed by atoms with Gasteiger partial charge in [-0.05, 0) is 42.0 Å². The Morgan fingerprint density at radius 3 is 2.00 bits per heavy atom. The number of aliphatic carboxylic acids is 1. The summed E-state index contributed by atoms with van der Waals surface area (Å²) in [5.41, 5.74) is 0.920. The van der Waals surface area contributed by atoms with Gasteiger partial charge in [-0.25, -0.2) is 0 Å². The van der Waals surface area contributed by atoms with Gasteiger partial charge in [0.15, 0.2) is 0 Å². The second-order valence-electron chi connectivity index (χ2n) is 4.56. The highest BCUT2D eigenvalue weighted by atomic mass is 127. The Hall–Kier alpha value is -1.07. The first-order valence-corrected chi connectivity index (χ1v) is 8.28. The Kier molecular flexibility index (Phi) is 6.26. The van der Waals surface area contributed by atoms with Crippen molar-refractivity contribution in [2.24, 2.45) is 0 Å². The summed E-state index contributed by atoms with van der Waals surface area (Å²) in [5, 5.41) is 18.4. The van der Waals surface area contributed by atoms with Gasteiger partial charge in [0, 0.05) is 52.1 Å². The van der Waals surface area contributed by atoms with Crippen LogP contribution < -0.4 is 4.74 Å². The zero-order valence-electron chi connectivity index (χ0n) is 11.3. The van der Waals surface area contributed by atoms with Crippen LogP contribution in [-0.2, 0) is 11.2 Å². The highest BCUT2D eigenvalue weighted by Gasteiger charge is 2.22. The summed E-state index contributed by atoms with van der Waals surface area (Å²) in [7, 11) is 0. The highest BCUT2D eigenvalue weighted by molar-refractivity contribution is 14.2. The molecule has 7 heteroatoms.